The Morgan fingerprint density at radius 2 is 1.44 bits per heavy atom. The molecule has 1 aliphatic rings. The van der Waals surface area contributed by atoms with Crippen molar-refractivity contribution in [3.8, 4) is 11.1 Å². The van der Waals surface area contributed by atoms with Crippen LogP contribution in [0.5, 0.6) is 0 Å². The third kappa shape index (κ3) is 2.68. The average molecular weight is 334 g/mol. The number of rotatable bonds is 2. The van der Waals surface area contributed by atoms with Crippen LogP contribution >= 0.6 is 0 Å². The number of fused-ring (bicyclic) bond motifs is 1. The van der Waals surface area contributed by atoms with E-state index in [2.05, 4.69) is 0 Å². The van der Waals surface area contributed by atoms with Crippen molar-refractivity contribution in [3.63, 3.8) is 0 Å². The molecule has 4 rings (SSSR count). The van der Waals surface area contributed by atoms with Gasteiger partial charge in [-0.05, 0) is 55.1 Å². The summed E-state index contributed by atoms with van der Waals surface area (Å²) in [5, 5.41) is 1.91. The predicted octanol–water partition coefficient (Wildman–Crippen LogP) is 4.81. The molecule has 1 saturated heterocycles. The maximum absolute atomic E-state index is 8.65. The third-order valence-electron chi connectivity index (χ3n) is 5.26. The zero-order valence-electron chi connectivity index (χ0n) is 18.9. The van der Waals surface area contributed by atoms with E-state index < -0.39 is 18.3 Å². The maximum atomic E-state index is 8.65. The lowest BCUT2D eigenvalue weighted by molar-refractivity contribution is 0.00578. The zero-order valence-corrected chi connectivity index (χ0v) is 14.9. The van der Waals surface area contributed by atoms with E-state index in [0.29, 0.717) is 11.0 Å². The fraction of sp³-hybridized carbons (Fsp3) is 0.273. The Kier molecular flexibility index (Phi) is 2.81. The summed E-state index contributed by atoms with van der Waals surface area (Å²) in [4.78, 5) is 0. The van der Waals surface area contributed by atoms with Crippen molar-refractivity contribution in [2.45, 2.75) is 38.9 Å². The second kappa shape index (κ2) is 5.72. The van der Waals surface area contributed by atoms with Gasteiger partial charge in [-0.1, -0.05) is 66.6 Å². The highest BCUT2D eigenvalue weighted by Crippen LogP contribution is 2.37. The summed E-state index contributed by atoms with van der Waals surface area (Å²) >= 11 is 0. The van der Waals surface area contributed by atoms with Gasteiger partial charge in [0, 0.05) is 0 Å². The maximum Gasteiger partial charge on any atom is 0.495 e. The molecule has 25 heavy (non-hydrogen) atoms. The highest BCUT2D eigenvalue weighted by molar-refractivity contribution is 6.64. The van der Waals surface area contributed by atoms with E-state index in [1.165, 1.54) is 0 Å². The van der Waals surface area contributed by atoms with Gasteiger partial charge in [0.1, 0.15) is 0 Å². The Morgan fingerprint density at radius 1 is 0.800 bits per heavy atom. The minimum absolute atomic E-state index is 0.0907. The molecule has 2 nitrogen and oxygen atoms in total. The summed E-state index contributed by atoms with van der Waals surface area (Å²) in [5.74, 6) is 0. The molecule has 0 unspecified atom stereocenters. The number of hydrogen-bond donors (Lipinski definition) is 0. The summed E-state index contributed by atoms with van der Waals surface area (Å²) in [6.07, 6.45) is 0. The minimum Gasteiger partial charge on any atom is -0.399 e. The van der Waals surface area contributed by atoms with Crippen molar-refractivity contribution in [2.24, 2.45) is 0 Å². The first-order valence-corrected chi connectivity index (χ1v) is 8.49. The van der Waals surface area contributed by atoms with E-state index in [1.54, 1.807) is 0 Å². The first kappa shape index (κ1) is 12.3. The van der Waals surface area contributed by atoms with Crippen LogP contribution < -0.4 is 5.46 Å². The largest absolute Gasteiger partial charge is 0.495 e. The quantitative estimate of drug-likeness (QED) is 0.627. The van der Waals surface area contributed by atoms with Crippen LogP contribution in [0.2, 0.25) is 0 Å². The summed E-state index contributed by atoms with van der Waals surface area (Å²) < 4.78 is 46.1. The number of benzene rings is 3. The summed E-state index contributed by atoms with van der Waals surface area (Å²) in [5.41, 5.74) is 0.256. The van der Waals surface area contributed by atoms with Gasteiger partial charge in [0.2, 0.25) is 0 Å². The van der Waals surface area contributed by atoms with E-state index in [9.17, 15) is 0 Å². The van der Waals surface area contributed by atoms with Crippen molar-refractivity contribution in [1.82, 2.24) is 0 Å². The molecule has 0 N–H and O–H groups in total. The molecule has 0 bridgehead atoms. The van der Waals surface area contributed by atoms with Gasteiger partial charge in [0.05, 0.1) is 16.7 Å². The Balaban J connectivity index is 2.05. The molecule has 126 valence electrons. The van der Waals surface area contributed by atoms with E-state index in [4.69, 9.17) is 14.8 Å². The molecule has 1 fully saturated rings. The van der Waals surface area contributed by atoms with Crippen molar-refractivity contribution >= 4 is 23.4 Å². The average Bonchev–Trinajstić information content (AvgIpc) is 2.89. The molecule has 0 saturated carbocycles. The highest BCUT2D eigenvalue weighted by Gasteiger charge is 2.52. The Labute approximate surface area is 155 Å². The van der Waals surface area contributed by atoms with Crippen LogP contribution in [0, 0.1) is 0 Å². The molecule has 0 radical (unpaired) electrons. The summed E-state index contributed by atoms with van der Waals surface area (Å²) in [6, 6.07) is 12.8. The molecule has 1 heterocycles. The monoisotopic (exact) mass is 334 g/mol. The van der Waals surface area contributed by atoms with Gasteiger partial charge in [-0.15, -0.1) is 0 Å². The molecule has 0 aromatic heterocycles. The predicted molar refractivity (Wildman–Crippen MR) is 105 cm³/mol. The van der Waals surface area contributed by atoms with Crippen LogP contribution in [0.25, 0.3) is 21.9 Å². The van der Waals surface area contributed by atoms with Crippen LogP contribution in [0.15, 0.2) is 66.6 Å². The molecule has 3 aromatic rings. The van der Waals surface area contributed by atoms with Crippen molar-refractivity contribution in [2.75, 3.05) is 0 Å². The highest BCUT2D eigenvalue weighted by atomic mass is 16.7. The van der Waals surface area contributed by atoms with Gasteiger partial charge in [-0.2, -0.15) is 0 Å². The lowest BCUT2D eigenvalue weighted by Gasteiger charge is -2.32. The standard InChI is InChI=1S/C22H23BO2/c1-21(2)22(3,4)25-23(24-21)20-15-8-7-13-19(20)18-14-9-11-16-10-5-6-12-17(16)18/h5-15H,1-4H3/i7D,8D,13D,15D. The van der Waals surface area contributed by atoms with Gasteiger partial charge in [-0.25, -0.2) is 0 Å². The molecule has 1 aliphatic heterocycles. The minimum atomic E-state index is -0.893. The normalized spacial score (nSPS) is 20.9. The van der Waals surface area contributed by atoms with Crippen molar-refractivity contribution in [1.29, 1.82) is 0 Å². The zero-order chi connectivity index (χ0) is 21.1. The van der Waals surface area contributed by atoms with Gasteiger partial charge >= 0.3 is 7.12 Å². The Morgan fingerprint density at radius 3 is 2.20 bits per heavy atom. The summed E-state index contributed by atoms with van der Waals surface area (Å²) in [6.45, 7) is 7.71. The van der Waals surface area contributed by atoms with Crippen LogP contribution in [0.1, 0.15) is 33.2 Å². The van der Waals surface area contributed by atoms with Gasteiger partial charge in [0.15, 0.2) is 0 Å². The smallest absolute Gasteiger partial charge is 0.399 e. The lowest BCUT2D eigenvalue weighted by atomic mass is 9.74. The van der Waals surface area contributed by atoms with Crippen LogP contribution in [-0.4, -0.2) is 18.3 Å². The van der Waals surface area contributed by atoms with Crippen molar-refractivity contribution < 1.29 is 14.8 Å². The van der Waals surface area contributed by atoms with E-state index in [0.717, 1.165) is 16.3 Å². The number of hydrogen-bond acceptors (Lipinski definition) is 2. The topological polar surface area (TPSA) is 18.5 Å². The van der Waals surface area contributed by atoms with Crippen molar-refractivity contribution in [3.05, 3.63) is 66.6 Å². The Bertz CT molecular complexity index is 1110. The molecule has 0 atom stereocenters. The van der Waals surface area contributed by atoms with Gasteiger partial charge in [-0.3, -0.25) is 0 Å². The van der Waals surface area contributed by atoms with Crippen LogP contribution in [-0.2, 0) is 9.31 Å². The lowest BCUT2D eigenvalue weighted by Crippen LogP contribution is -2.41. The molecule has 0 spiro atoms. The fourth-order valence-electron chi connectivity index (χ4n) is 3.12. The summed E-state index contributed by atoms with van der Waals surface area (Å²) in [7, 11) is -0.893. The fourth-order valence-corrected chi connectivity index (χ4v) is 3.12. The molecule has 0 aliphatic carbocycles. The first-order chi connectivity index (χ1) is 13.5. The molecule has 3 heteroatoms. The molecular weight excluding hydrogens is 307 g/mol. The van der Waals surface area contributed by atoms with Crippen LogP contribution in [0.4, 0.5) is 0 Å². The van der Waals surface area contributed by atoms with E-state index in [1.807, 2.05) is 70.2 Å². The second-order valence-electron chi connectivity index (χ2n) is 7.40. The molecule has 0 amide bonds. The van der Waals surface area contributed by atoms with E-state index >= 15 is 0 Å². The Hall–Kier alpha value is -2.10. The SMILES string of the molecule is [2H]c1c([2H])c([2H])c(-c2cccc3ccccc23)c(B2OC(C)(C)C(C)(C)O2)c1[2H]. The van der Waals surface area contributed by atoms with E-state index in [-0.39, 0.29) is 24.2 Å². The third-order valence-corrected chi connectivity index (χ3v) is 5.26. The molecular formula is C22H23BO2. The second-order valence-corrected chi connectivity index (χ2v) is 7.40. The van der Waals surface area contributed by atoms with Crippen LogP contribution in [0.3, 0.4) is 0 Å². The van der Waals surface area contributed by atoms with Gasteiger partial charge in [0.25, 0.3) is 0 Å². The molecule has 3 aromatic carbocycles. The van der Waals surface area contributed by atoms with Gasteiger partial charge < -0.3 is 9.31 Å². The first-order valence-electron chi connectivity index (χ1n) is 10.5.